The van der Waals surface area contributed by atoms with Crippen LogP contribution in [0.1, 0.15) is 45.1 Å². The molecule has 0 fully saturated rings. The number of nitrogens with zero attached hydrogens (tertiary/aromatic N) is 1. The third-order valence-corrected chi connectivity index (χ3v) is 8.65. The molecule has 0 spiro atoms. The Bertz CT molecular complexity index is 1270. The second-order valence-corrected chi connectivity index (χ2v) is 12.6. The lowest BCUT2D eigenvalue weighted by atomic mass is 9.99. The van der Waals surface area contributed by atoms with E-state index >= 15 is 0 Å². The van der Waals surface area contributed by atoms with Crippen LogP contribution in [0.4, 0.5) is 0 Å². The monoisotopic (exact) mass is 588 g/mol. The van der Waals surface area contributed by atoms with Gasteiger partial charge in [0.05, 0.1) is 30.1 Å². The minimum absolute atomic E-state index is 0.0643. The Morgan fingerprint density at radius 1 is 1.10 bits per heavy atom. The molecule has 2 aromatic carbocycles. The third-order valence-electron chi connectivity index (χ3n) is 6.77. The number of ether oxygens (including phenoxy) is 1. The summed E-state index contributed by atoms with van der Waals surface area (Å²) in [5.41, 5.74) is 6.10. The summed E-state index contributed by atoms with van der Waals surface area (Å²) in [4.78, 5) is 37.6. The van der Waals surface area contributed by atoms with Crippen molar-refractivity contribution in [3.63, 3.8) is 0 Å². The molecule has 2 heterocycles. The molecule has 0 saturated heterocycles. The number of fused-ring (bicyclic) bond motifs is 12. The molecule has 41 heavy (non-hydrogen) atoms. The van der Waals surface area contributed by atoms with Crippen molar-refractivity contribution in [2.24, 2.45) is 11.7 Å². The molecule has 4 rings (SSSR count). The van der Waals surface area contributed by atoms with Gasteiger partial charge in [-0.1, -0.05) is 44.2 Å². The van der Waals surface area contributed by atoms with Gasteiger partial charge in [0.1, 0.15) is 11.8 Å². The first-order chi connectivity index (χ1) is 19.5. The number of nitrogens with one attached hydrogen (secondary N) is 2. The maximum Gasteiger partial charge on any atom is 0.243 e. The molecule has 11 nitrogen and oxygen atoms in total. The van der Waals surface area contributed by atoms with E-state index in [0.717, 1.165) is 5.56 Å². The lowest BCUT2D eigenvalue weighted by molar-refractivity contribution is -0.132. The molecule has 0 aromatic heterocycles. The van der Waals surface area contributed by atoms with Gasteiger partial charge in [-0.25, -0.2) is 8.42 Å². The van der Waals surface area contributed by atoms with E-state index in [1.165, 1.54) is 16.4 Å². The molecule has 2 bridgehead atoms. The molecule has 0 unspecified atom stereocenters. The van der Waals surface area contributed by atoms with E-state index < -0.39 is 52.4 Å². The molecule has 2 aliphatic rings. The van der Waals surface area contributed by atoms with Crippen molar-refractivity contribution >= 4 is 27.7 Å². The van der Waals surface area contributed by atoms with E-state index in [2.05, 4.69) is 10.6 Å². The summed E-state index contributed by atoms with van der Waals surface area (Å²) >= 11 is 0. The zero-order chi connectivity index (χ0) is 30.0. The Balaban J connectivity index is 1.93. The maximum absolute atomic E-state index is 13.6. The number of sulfonamides is 1. The number of primary amides is 1. The van der Waals surface area contributed by atoms with Gasteiger partial charge in [0.2, 0.25) is 27.7 Å². The molecule has 0 radical (unpaired) electrons. The third kappa shape index (κ3) is 9.83. The Hall–Kier alpha value is -3.48. The van der Waals surface area contributed by atoms with Crippen LogP contribution in [-0.2, 0) is 30.8 Å². The number of benzene rings is 2. The second kappa shape index (κ2) is 14.9. The summed E-state index contributed by atoms with van der Waals surface area (Å²) in [7, 11) is -3.95. The van der Waals surface area contributed by atoms with E-state index in [9.17, 15) is 27.9 Å². The van der Waals surface area contributed by atoms with Crippen molar-refractivity contribution in [3.05, 3.63) is 60.2 Å². The van der Waals surface area contributed by atoms with E-state index in [-0.39, 0.29) is 43.4 Å². The standard InChI is InChI=1S/C29H40N4O7S/c1-20(2)14-15-33(41(38,39)23-7-4-3-5-8-23)19-26(34)24-17-21-10-12-22(13-11-21)40-16-6-9-28(36)31-25(18-27(30)35)29(37)32-24/h3-5,7-8,10-13,20,24-26,34H,6,9,14-19H2,1-2H3,(H2,30,35)(H,31,36)(H,32,37)/t24-,25-,26+/m0/s1. The molecule has 2 aliphatic heterocycles. The van der Waals surface area contributed by atoms with E-state index in [0.29, 0.717) is 18.6 Å². The van der Waals surface area contributed by atoms with Crippen LogP contribution >= 0.6 is 0 Å². The van der Waals surface area contributed by atoms with Gasteiger partial charge in [0.25, 0.3) is 0 Å². The molecule has 5 N–H and O–H groups in total. The Morgan fingerprint density at radius 2 is 1.78 bits per heavy atom. The first-order valence-electron chi connectivity index (χ1n) is 13.8. The molecule has 2 aromatic rings. The molecular formula is C29H40N4O7S. The highest BCUT2D eigenvalue weighted by atomic mass is 32.2. The number of aliphatic hydroxyl groups is 1. The highest BCUT2D eigenvalue weighted by molar-refractivity contribution is 7.89. The van der Waals surface area contributed by atoms with Crippen molar-refractivity contribution in [2.45, 2.75) is 69.0 Å². The summed E-state index contributed by atoms with van der Waals surface area (Å²) in [6.07, 6.45) is -0.607. The number of rotatable bonds is 10. The first-order valence-corrected chi connectivity index (χ1v) is 15.2. The average Bonchev–Trinajstić information content (AvgIpc) is 2.93. The molecule has 12 heteroatoms. The van der Waals surface area contributed by atoms with Crippen LogP contribution in [-0.4, -0.2) is 73.4 Å². The van der Waals surface area contributed by atoms with Gasteiger partial charge in [-0.05, 0) is 55.0 Å². The first kappa shape index (κ1) is 32.0. The highest BCUT2D eigenvalue weighted by Crippen LogP contribution is 2.20. The normalized spacial score (nSPS) is 19.5. The summed E-state index contributed by atoms with van der Waals surface area (Å²) in [5.74, 6) is -1.13. The largest absolute Gasteiger partial charge is 0.494 e. The fourth-order valence-electron chi connectivity index (χ4n) is 4.43. The number of nitrogens with two attached hydrogens (primary N) is 1. The summed E-state index contributed by atoms with van der Waals surface area (Å²) in [6, 6.07) is 12.9. The number of hydrogen-bond donors (Lipinski definition) is 4. The van der Waals surface area contributed by atoms with Crippen molar-refractivity contribution in [1.82, 2.24) is 14.9 Å². The van der Waals surface area contributed by atoms with Gasteiger partial charge in [-0.3, -0.25) is 14.4 Å². The van der Waals surface area contributed by atoms with Crippen LogP contribution in [0.25, 0.3) is 0 Å². The summed E-state index contributed by atoms with van der Waals surface area (Å²) < 4.78 is 34.0. The molecule has 224 valence electrons. The van der Waals surface area contributed by atoms with Crippen LogP contribution in [0.15, 0.2) is 59.5 Å². The minimum Gasteiger partial charge on any atom is -0.494 e. The van der Waals surface area contributed by atoms with Crippen LogP contribution < -0.4 is 21.1 Å². The average molecular weight is 589 g/mol. The maximum atomic E-state index is 13.6. The summed E-state index contributed by atoms with van der Waals surface area (Å²) in [6.45, 7) is 4.11. The van der Waals surface area contributed by atoms with Gasteiger partial charge in [-0.15, -0.1) is 0 Å². The fraction of sp³-hybridized carbons (Fsp3) is 0.483. The SMILES string of the molecule is CC(C)CCN(C[C@@H](O)[C@@H]1Cc2ccc(cc2)OCCCC(=O)N[C@@H](CC(N)=O)C(=O)N1)S(=O)(=O)c1ccccc1. The van der Waals surface area contributed by atoms with Gasteiger partial charge in [0.15, 0.2) is 0 Å². The van der Waals surface area contributed by atoms with Crippen LogP contribution in [0.5, 0.6) is 5.75 Å². The molecule has 0 aliphatic carbocycles. The smallest absolute Gasteiger partial charge is 0.243 e. The lowest BCUT2D eigenvalue weighted by Gasteiger charge is -2.31. The van der Waals surface area contributed by atoms with Crippen molar-refractivity contribution in [3.8, 4) is 5.75 Å². The van der Waals surface area contributed by atoms with Crippen LogP contribution in [0, 0.1) is 5.92 Å². The number of amides is 3. The number of hydrogen-bond acceptors (Lipinski definition) is 7. The van der Waals surface area contributed by atoms with Gasteiger partial charge in [0, 0.05) is 19.5 Å². The Labute approximate surface area is 241 Å². The van der Waals surface area contributed by atoms with Gasteiger partial charge < -0.3 is 26.2 Å². The second-order valence-electron chi connectivity index (χ2n) is 10.6. The van der Waals surface area contributed by atoms with Gasteiger partial charge >= 0.3 is 0 Å². The fourth-order valence-corrected chi connectivity index (χ4v) is 5.93. The zero-order valence-corrected chi connectivity index (χ0v) is 24.3. The van der Waals surface area contributed by atoms with Crippen molar-refractivity contribution in [1.29, 1.82) is 0 Å². The summed E-state index contributed by atoms with van der Waals surface area (Å²) in [5, 5.41) is 16.7. The van der Waals surface area contributed by atoms with E-state index in [4.69, 9.17) is 10.5 Å². The molecule has 0 saturated carbocycles. The van der Waals surface area contributed by atoms with Crippen LogP contribution in [0.2, 0.25) is 0 Å². The number of aliphatic hydroxyl groups excluding tert-OH is 1. The van der Waals surface area contributed by atoms with Crippen molar-refractivity contribution < 1.29 is 32.6 Å². The van der Waals surface area contributed by atoms with Crippen LogP contribution in [0.3, 0.4) is 0 Å². The molecular weight excluding hydrogens is 548 g/mol. The predicted octanol–water partition coefficient (Wildman–Crippen LogP) is 1.34. The van der Waals surface area contributed by atoms with E-state index in [1.807, 2.05) is 13.8 Å². The molecule has 3 atom stereocenters. The van der Waals surface area contributed by atoms with E-state index in [1.54, 1.807) is 42.5 Å². The predicted molar refractivity (Wildman–Crippen MR) is 153 cm³/mol. The number of carbonyl (C=O) groups is 3. The highest BCUT2D eigenvalue weighted by Gasteiger charge is 2.33. The Morgan fingerprint density at radius 3 is 2.41 bits per heavy atom. The topological polar surface area (TPSA) is 168 Å². The quantitative estimate of drug-likeness (QED) is 0.325. The molecule has 3 amide bonds. The lowest BCUT2D eigenvalue weighted by Crippen LogP contribution is -2.56. The number of carbonyl (C=O) groups excluding carboxylic acids is 3. The van der Waals surface area contributed by atoms with Crippen molar-refractivity contribution in [2.75, 3.05) is 19.7 Å². The Kier molecular flexibility index (Phi) is 11.7. The zero-order valence-electron chi connectivity index (χ0n) is 23.5. The van der Waals surface area contributed by atoms with Gasteiger partial charge in [-0.2, -0.15) is 4.31 Å². The minimum atomic E-state index is -3.95.